The normalized spacial score (nSPS) is 13.1. The van der Waals surface area contributed by atoms with E-state index in [1.807, 2.05) is 24.3 Å². The predicted octanol–water partition coefficient (Wildman–Crippen LogP) is 2.26. The van der Waals surface area contributed by atoms with Crippen LogP contribution in [0.5, 0.6) is 5.75 Å². The fourth-order valence-electron chi connectivity index (χ4n) is 3.61. The molecule has 1 aliphatic heterocycles. The second kappa shape index (κ2) is 7.90. The van der Waals surface area contributed by atoms with Crippen LogP contribution in [0.1, 0.15) is 33.5 Å². The number of anilines is 2. The van der Waals surface area contributed by atoms with Crippen LogP contribution < -0.4 is 20.1 Å². The molecule has 0 radical (unpaired) electrons. The first-order valence-electron chi connectivity index (χ1n) is 9.69. The van der Waals surface area contributed by atoms with Crippen LogP contribution in [0.15, 0.2) is 48.5 Å². The lowest BCUT2D eigenvalue weighted by Gasteiger charge is -2.24. The monoisotopic (exact) mass is 407 g/mol. The summed E-state index contributed by atoms with van der Waals surface area (Å²) in [5, 5.41) is 3.08. The average molecular weight is 407 g/mol. The van der Waals surface area contributed by atoms with Gasteiger partial charge in [0.2, 0.25) is 5.69 Å². The summed E-state index contributed by atoms with van der Waals surface area (Å²) < 4.78 is 12.0. The zero-order valence-electron chi connectivity index (χ0n) is 16.8. The molecule has 1 amide bonds. The number of aromatic nitrogens is 2. The highest BCUT2D eigenvalue weighted by Gasteiger charge is 2.41. The summed E-state index contributed by atoms with van der Waals surface area (Å²) in [6.07, 6.45) is 0.513. The second-order valence-electron chi connectivity index (χ2n) is 6.87. The molecule has 3 N–H and O–H groups in total. The number of ether oxygens (including phenoxy) is 2. The molecule has 0 aliphatic carbocycles. The van der Waals surface area contributed by atoms with E-state index in [1.165, 1.54) is 0 Å². The average Bonchev–Trinajstić information content (AvgIpc) is 3.16. The number of carbonyl (C=O) groups is 2. The highest BCUT2D eigenvalue weighted by molar-refractivity contribution is 6.07. The molecule has 0 saturated carbocycles. The van der Waals surface area contributed by atoms with Gasteiger partial charge in [-0.05, 0) is 49.7 Å². The van der Waals surface area contributed by atoms with Crippen molar-refractivity contribution in [1.82, 2.24) is 5.10 Å². The lowest BCUT2D eigenvalue weighted by molar-refractivity contribution is -0.657. The van der Waals surface area contributed by atoms with E-state index < -0.39 is 5.97 Å². The Morgan fingerprint density at radius 3 is 2.50 bits per heavy atom. The standard InChI is InChI=1S/C22H22N4O4/c1-3-30-22(28)19-18-12-13-25(15-6-4-14(23)5-7-15)21(27)20(18)26(24-19)16-8-10-17(29-2)11-9-16/h4-11H,3,12-13,23H2,1-2H3/p+1. The number of H-pyrrole nitrogens is 1. The van der Waals surface area contributed by atoms with Gasteiger partial charge in [-0.15, -0.1) is 0 Å². The maximum Gasteiger partial charge on any atom is 0.360 e. The summed E-state index contributed by atoms with van der Waals surface area (Å²) in [6.45, 7) is 2.45. The Bertz CT molecular complexity index is 1090. The molecule has 0 atom stereocenters. The van der Waals surface area contributed by atoms with Gasteiger partial charge < -0.3 is 20.1 Å². The van der Waals surface area contributed by atoms with Crippen molar-refractivity contribution in [3.8, 4) is 11.4 Å². The number of nitrogens with zero attached hydrogens (tertiary/aromatic N) is 2. The number of carbonyl (C=O) groups excluding carboxylic acids is 2. The van der Waals surface area contributed by atoms with Gasteiger partial charge in [0.25, 0.3) is 0 Å². The summed E-state index contributed by atoms with van der Waals surface area (Å²) in [4.78, 5) is 27.7. The lowest BCUT2D eigenvalue weighted by Crippen LogP contribution is -2.47. The number of rotatable bonds is 5. The molecule has 30 heavy (non-hydrogen) atoms. The highest BCUT2D eigenvalue weighted by Crippen LogP contribution is 2.26. The van der Waals surface area contributed by atoms with Gasteiger partial charge in [0.1, 0.15) is 5.75 Å². The molecular formula is C22H23N4O4+. The minimum atomic E-state index is -0.477. The molecule has 3 aromatic rings. The number of nitrogen functional groups attached to an aromatic ring is 1. The maximum atomic E-state index is 13.5. The molecule has 8 nitrogen and oxygen atoms in total. The molecule has 0 saturated heterocycles. The van der Waals surface area contributed by atoms with Crippen molar-refractivity contribution in [2.75, 3.05) is 30.9 Å². The van der Waals surface area contributed by atoms with Crippen molar-refractivity contribution in [2.24, 2.45) is 0 Å². The minimum Gasteiger partial charge on any atom is -0.497 e. The van der Waals surface area contributed by atoms with Crippen LogP contribution in [0.4, 0.5) is 11.4 Å². The lowest BCUT2D eigenvalue weighted by atomic mass is 10.0. The number of hydrogen-bond donors (Lipinski definition) is 2. The number of esters is 1. The highest BCUT2D eigenvalue weighted by atomic mass is 16.5. The van der Waals surface area contributed by atoms with Gasteiger partial charge in [0.15, 0.2) is 5.69 Å². The molecule has 0 fully saturated rings. The Kier molecular flexibility index (Phi) is 5.14. The molecule has 4 rings (SSSR count). The zero-order chi connectivity index (χ0) is 21.3. The van der Waals surface area contributed by atoms with Gasteiger partial charge in [0, 0.05) is 30.1 Å². The molecular weight excluding hydrogens is 384 g/mol. The molecule has 2 aromatic carbocycles. The molecule has 8 heteroatoms. The van der Waals surface area contributed by atoms with E-state index in [1.54, 1.807) is 47.9 Å². The van der Waals surface area contributed by atoms with Crippen molar-refractivity contribution in [3.05, 3.63) is 65.5 Å². The van der Waals surface area contributed by atoms with Gasteiger partial charge in [-0.1, -0.05) is 4.68 Å². The minimum absolute atomic E-state index is 0.205. The maximum absolute atomic E-state index is 13.5. The van der Waals surface area contributed by atoms with Gasteiger partial charge in [-0.25, -0.2) is 4.79 Å². The van der Waals surface area contributed by atoms with Crippen molar-refractivity contribution in [2.45, 2.75) is 13.3 Å². The van der Waals surface area contributed by atoms with E-state index in [0.717, 1.165) is 5.69 Å². The molecule has 154 valence electrons. The topological polar surface area (TPSA) is 102 Å². The molecule has 2 heterocycles. The van der Waals surface area contributed by atoms with E-state index in [-0.39, 0.29) is 12.5 Å². The van der Waals surface area contributed by atoms with Crippen LogP contribution in [0.3, 0.4) is 0 Å². The Morgan fingerprint density at radius 2 is 1.87 bits per heavy atom. The van der Waals surface area contributed by atoms with Gasteiger partial charge in [-0.2, -0.15) is 5.10 Å². The van der Waals surface area contributed by atoms with Crippen LogP contribution in [0, 0.1) is 0 Å². The molecule has 0 spiro atoms. The van der Waals surface area contributed by atoms with E-state index in [9.17, 15) is 9.59 Å². The smallest absolute Gasteiger partial charge is 0.360 e. The predicted molar refractivity (Wildman–Crippen MR) is 111 cm³/mol. The van der Waals surface area contributed by atoms with Crippen molar-refractivity contribution in [3.63, 3.8) is 0 Å². The Balaban J connectivity index is 1.82. The first-order chi connectivity index (χ1) is 14.5. The van der Waals surface area contributed by atoms with E-state index in [4.69, 9.17) is 15.2 Å². The number of methoxy groups -OCH3 is 1. The summed E-state index contributed by atoms with van der Waals surface area (Å²) in [5.74, 6) is 0.0126. The largest absolute Gasteiger partial charge is 0.497 e. The Hall–Kier alpha value is -3.81. The summed E-state index contributed by atoms with van der Waals surface area (Å²) in [6, 6.07) is 14.4. The Labute approximate surface area is 173 Å². The van der Waals surface area contributed by atoms with Crippen molar-refractivity contribution < 1.29 is 23.7 Å². The molecule has 0 bridgehead atoms. The third kappa shape index (κ3) is 3.36. The number of fused-ring (bicyclic) bond motifs is 1. The first-order valence-corrected chi connectivity index (χ1v) is 9.69. The van der Waals surface area contributed by atoms with Crippen LogP contribution in [-0.2, 0) is 11.2 Å². The van der Waals surface area contributed by atoms with Crippen LogP contribution in [0.25, 0.3) is 5.69 Å². The van der Waals surface area contributed by atoms with Crippen LogP contribution in [-0.4, -0.2) is 37.2 Å². The number of hydrogen-bond acceptors (Lipinski definition) is 5. The SMILES string of the molecule is CCOC(=O)c1[nH][n+](-c2ccc(OC)cc2)c2c1CCN(c1ccc(N)cc1)C2=O. The number of nitrogens with one attached hydrogen (secondary N) is 1. The third-order valence-electron chi connectivity index (χ3n) is 5.08. The number of nitrogens with two attached hydrogens (primary N) is 1. The van der Waals surface area contributed by atoms with Crippen LogP contribution in [0.2, 0.25) is 0 Å². The van der Waals surface area contributed by atoms with E-state index >= 15 is 0 Å². The number of amides is 1. The molecule has 1 aliphatic rings. The molecule has 0 unspecified atom stereocenters. The van der Waals surface area contributed by atoms with Crippen LogP contribution >= 0.6 is 0 Å². The number of aromatic amines is 1. The van der Waals surface area contributed by atoms with Crippen molar-refractivity contribution in [1.29, 1.82) is 0 Å². The first kappa shape index (κ1) is 19.5. The van der Waals surface area contributed by atoms with Gasteiger partial charge in [0.05, 0.1) is 19.3 Å². The summed E-state index contributed by atoms with van der Waals surface area (Å²) >= 11 is 0. The molecule has 1 aromatic heterocycles. The fraction of sp³-hybridized carbons (Fsp3) is 0.227. The Morgan fingerprint density at radius 1 is 1.17 bits per heavy atom. The van der Waals surface area contributed by atoms with Crippen molar-refractivity contribution >= 4 is 23.3 Å². The fourth-order valence-corrected chi connectivity index (χ4v) is 3.61. The second-order valence-corrected chi connectivity index (χ2v) is 6.87. The van der Waals surface area contributed by atoms with E-state index in [0.29, 0.717) is 47.0 Å². The van der Waals surface area contributed by atoms with Gasteiger partial charge >= 0.3 is 17.6 Å². The summed E-state index contributed by atoms with van der Waals surface area (Å²) in [5.41, 5.74) is 9.23. The summed E-state index contributed by atoms with van der Waals surface area (Å²) in [7, 11) is 1.59. The van der Waals surface area contributed by atoms with E-state index in [2.05, 4.69) is 5.10 Å². The quantitative estimate of drug-likeness (QED) is 0.384. The number of benzene rings is 2. The third-order valence-corrected chi connectivity index (χ3v) is 5.08. The van der Waals surface area contributed by atoms with Gasteiger partial charge in [-0.3, -0.25) is 4.79 Å². The zero-order valence-corrected chi connectivity index (χ0v) is 16.8.